The largest absolute Gasteiger partial charge is 0.314 e. The predicted molar refractivity (Wildman–Crippen MR) is 86.8 cm³/mol. The molecule has 19 heavy (non-hydrogen) atoms. The first-order chi connectivity index (χ1) is 9.29. The topological polar surface area (TPSA) is 12.0 Å². The van der Waals surface area contributed by atoms with Gasteiger partial charge in [0.15, 0.2) is 0 Å². The second kappa shape index (κ2) is 7.96. The van der Waals surface area contributed by atoms with Crippen LogP contribution in [0.1, 0.15) is 50.2 Å². The van der Waals surface area contributed by atoms with E-state index >= 15 is 0 Å². The van der Waals surface area contributed by atoms with Crippen LogP contribution in [0.5, 0.6) is 0 Å². The van der Waals surface area contributed by atoms with Crippen molar-refractivity contribution in [2.24, 2.45) is 0 Å². The number of aryl methyl sites for hydroxylation is 1. The molecule has 1 N–H and O–H groups in total. The van der Waals surface area contributed by atoms with E-state index < -0.39 is 0 Å². The van der Waals surface area contributed by atoms with E-state index in [4.69, 9.17) is 0 Å². The zero-order valence-corrected chi connectivity index (χ0v) is 13.1. The molecule has 1 aliphatic carbocycles. The van der Waals surface area contributed by atoms with Gasteiger partial charge in [0.25, 0.3) is 0 Å². The van der Waals surface area contributed by atoms with Crippen molar-refractivity contribution in [1.29, 1.82) is 0 Å². The maximum absolute atomic E-state index is 3.70. The number of hydrogen-bond acceptors (Lipinski definition) is 2. The quantitative estimate of drug-likeness (QED) is 0.819. The van der Waals surface area contributed by atoms with Crippen molar-refractivity contribution in [1.82, 2.24) is 5.32 Å². The highest BCUT2D eigenvalue weighted by atomic mass is 32.2. The summed E-state index contributed by atoms with van der Waals surface area (Å²) in [5.74, 6) is 1.18. The number of rotatable bonds is 6. The van der Waals surface area contributed by atoms with Crippen LogP contribution in [0.2, 0.25) is 0 Å². The minimum Gasteiger partial charge on any atom is -0.314 e. The molecule has 2 atom stereocenters. The van der Waals surface area contributed by atoms with Crippen molar-refractivity contribution >= 4 is 11.8 Å². The molecule has 0 aliphatic heterocycles. The van der Waals surface area contributed by atoms with Crippen LogP contribution < -0.4 is 5.32 Å². The molecule has 0 amide bonds. The number of benzene rings is 1. The van der Waals surface area contributed by atoms with Crippen LogP contribution in [-0.4, -0.2) is 17.8 Å². The molecule has 1 aliphatic rings. The molecule has 0 spiro atoms. The monoisotopic (exact) mass is 277 g/mol. The highest BCUT2D eigenvalue weighted by molar-refractivity contribution is 7.99. The number of nitrogens with one attached hydrogen (secondary N) is 1. The molecule has 1 fully saturated rings. The van der Waals surface area contributed by atoms with E-state index in [2.05, 4.69) is 55.2 Å². The van der Waals surface area contributed by atoms with E-state index in [9.17, 15) is 0 Å². The van der Waals surface area contributed by atoms with Crippen molar-refractivity contribution in [3.05, 3.63) is 35.4 Å². The lowest BCUT2D eigenvalue weighted by atomic mass is 9.95. The van der Waals surface area contributed by atoms with Gasteiger partial charge in [0, 0.05) is 17.0 Å². The molecule has 106 valence electrons. The van der Waals surface area contributed by atoms with Crippen molar-refractivity contribution in [2.75, 3.05) is 6.54 Å². The van der Waals surface area contributed by atoms with E-state index in [0.717, 1.165) is 11.3 Å². The Balaban J connectivity index is 1.78. The summed E-state index contributed by atoms with van der Waals surface area (Å²) in [5, 5.41) is 4.55. The first kappa shape index (κ1) is 14.9. The van der Waals surface area contributed by atoms with Gasteiger partial charge in [-0.15, -0.1) is 0 Å². The summed E-state index contributed by atoms with van der Waals surface area (Å²) < 4.78 is 0. The SMILES string of the molecule is CCCNC1CCCC(SCc2ccccc2C)C1. The minimum atomic E-state index is 0.767. The van der Waals surface area contributed by atoms with E-state index in [1.54, 1.807) is 0 Å². The molecule has 0 bridgehead atoms. The molecule has 0 aromatic heterocycles. The lowest BCUT2D eigenvalue weighted by Gasteiger charge is -2.29. The molecular weight excluding hydrogens is 250 g/mol. The first-order valence-electron chi connectivity index (χ1n) is 7.69. The fraction of sp³-hybridized carbons (Fsp3) is 0.647. The third kappa shape index (κ3) is 4.85. The van der Waals surface area contributed by atoms with Crippen LogP contribution >= 0.6 is 11.8 Å². The van der Waals surface area contributed by atoms with Gasteiger partial charge in [0.2, 0.25) is 0 Å². The summed E-state index contributed by atoms with van der Waals surface area (Å²) >= 11 is 2.16. The average molecular weight is 277 g/mol. The van der Waals surface area contributed by atoms with Crippen LogP contribution in [0.15, 0.2) is 24.3 Å². The Morgan fingerprint density at radius 2 is 2.11 bits per heavy atom. The third-order valence-electron chi connectivity index (χ3n) is 4.04. The van der Waals surface area contributed by atoms with Crippen LogP contribution in [0.25, 0.3) is 0 Å². The van der Waals surface area contributed by atoms with Gasteiger partial charge in [-0.05, 0) is 50.3 Å². The average Bonchev–Trinajstić information content (AvgIpc) is 2.45. The van der Waals surface area contributed by atoms with Gasteiger partial charge >= 0.3 is 0 Å². The predicted octanol–water partition coefficient (Wildman–Crippen LogP) is 4.54. The molecule has 2 rings (SSSR count). The smallest absolute Gasteiger partial charge is 0.0189 e. The second-order valence-corrected chi connectivity index (χ2v) is 6.97. The first-order valence-corrected chi connectivity index (χ1v) is 8.74. The Bertz CT molecular complexity index is 377. The van der Waals surface area contributed by atoms with E-state index in [-0.39, 0.29) is 0 Å². The van der Waals surface area contributed by atoms with Gasteiger partial charge in [-0.2, -0.15) is 11.8 Å². The molecule has 2 unspecified atom stereocenters. The van der Waals surface area contributed by atoms with Crippen molar-refractivity contribution < 1.29 is 0 Å². The normalized spacial score (nSPS) is 23.5. The summed E-state index contributed by atoms with van der Waals surface area (Å²) in [6.45, 7) is 5.66. The van der Waals surface area contributed by atoms with E-state index in [1.807, 2.05) is 0 Å². The summed E-state index contributed by atoms with van der Waals surface area (Å²) in [4.78, 5) is 0. The molecule has 1 saturated carbocycles. The summed E-state index contributed by atoms with van der Waals surface area (Å²) in [5.41, 5.74) is 2.95. The maximum atomic E-state index is 3.70. The molecule has 0 saturated heterocycles. The van der Waals surface area contributed by atoms with Gasteiger partial charge in [-0.25, -0.2) is 0 Å². The Morgan fingerprint density at radius 3 is 2.89 bits per heavy atom. The zero-order chi connectivity index (χ0) is 13.5. The molecule has 0 heterocycles. The third-order valence-corrected chi connectivity index (χ3v) is 5.42. The lowest BCUT2D eigenvalue weighted by Crippen LogP contribution is -2.35. The Kier molecular flexibility index (Phi) is 6.25. The maximum Gasteiger partial charge on any atom is 0.0189 e. The number of thioether (sulfide) groups is 1. The van der Waals surface area contributed by atoms with E-state index in [1.165, 1.54) is 55.5 Å². The van der Waals surface area contributed by atoms with Crippen molar-refractivity contribution in [3.8, 4) is 0 Å². The fourth-order valence-electron chi connectivity index (χ4n) is 2.81. The van der Waals surface area contributed by atoms with Gasteiger partial charge in [0.1, 0.15) is 0 Å². The van der Waals surface area contributed by atoms with Crippen LogP contribution in [-0.2, 0) is 5.75 Å². The summed E-state index contributed by atoms with van der Waals surface area (Å²) in [6.07, 6.45) is 6.78. The Labute approximate surface area is 122 Å². The van der Waals surface area contributed by atoms with Crippen LogP contribution in [0.3, 0.4) is 0 Å². The zero-order valence-electron chi connectivity index (χ0n) is 12.3. The minimum absolute atomic E-state index is 0.767. The van der Waals surface area contributed by atoms with Crippen LogP contribution in [0, 0.1) is 6.92 Å². The van der Waals surface area contributed by atoms with Gasteiger partial charge in [-0.1, -0.05) is 37.6 Å². The van der Waals surface area contributed by atoms with Gasteiger partial charge in [-0.3, -0.25) is 0 Å². The van der Waals surface area contributed by atoms with Crippen molar-refractivity contribution in [3.63, 3.8) is 0 Å². The standard InChI is InChI=1S/C17H27NS/c1-3-11-18-16-9-6-10-17(12-16)19-13-15-8-5-4-7-14(15)2/h4-5,7-8,16-18H,3,6,9-13H2,1-2H3. The molecule has 1 aromatic rings. The molecule has 1 nitrogen and oxygen atoms in total. The molecular formula is C17H27NS. The van der Waals surface area contributed by atoms with Crippen molar-refractivity contribution in [2.45, 2.75) is 63.0 Å². The summed E-state index contributed by atoms with van der Waals surface area (Å²) in [6, 6.07) is 9.56. The summed E-state index contributed by atoms with van der Waals surface area (Å²) in [7, 11) is 0. The molecule has 2 heteroatoms. The van der Waals surface area contributed by atoms with Gasteiger partial charge < -0.3 is 5.32 Å². The van der Waals surface area contributed by atoms with Crippen LogP contribution in [0.4, 0.5) is 0 Å². The molecule has 0 radical (unpaired) electrons. The fourth-order valence-corrected chi connectivity index (χ4v) is 4.25. The van der Waals surface area contributed by atoms with E-state index in [0.29, 0.717) is 0 Å². The molecule has 1 aromatic carbocycles. The highest BCUT2D eigenvalue weighted by Gasteiger charge is 2.21. The van der Waals surface area contributed by atoms with Gasteiger partial charge in [0.05, 0.1) is 0 Å². The Morgan fingerprint density at radius 1 is 1.26 bits per heavy atom. The lowest BCUT2D eigenvalue weighted by molar-refractivity contribution is 0.381. The highest BCUT2D eigenvalue weighted by Crippen LogP contribution is 2.31. The number of hydrogen-bond donors (Lipinski definition) is 1. The Hall–Kier alpha value is -0.470. The second-order valence-electron chi connectivity index (χ2n) is 5.68.